The Balaban J connectivity index is 0. The second-order valence-corrected chi connectivity index (χ2v) is 5.07. The maximum Gasteiger partial charge on any atom is 2.00 e. The van der Waals surface area contributed by atoms with Crippen LogP contribution in [0.15, 0.2) is 58.8 Å². The van der Waals surface area contributed by atoms with Gasteiger partial charge in [0.25, 0.3) is 10.1 Å². The number of aromatic nitrogens is 2. The fourth-order valence-electron chi connectivity index (χ4n) is 1.04. The molecule has 19 heavy (non-hydrogen) atoms. The molecule has 0 saturated carbocycles. The van der Waals surface area contributed by atoms with Crippen LogP contribution in [0.5, 0.6) is 0 Å². The number of pyridine rings is 2. The number of halogens is 2. The maximum atomic E-state index is 11.3. The molecule has 0 fully saturated rings. The van der Waals surface area contributed by atoms with E-state index in [9.17, 15) is 10.4 Å². The summed E-state index contributed by atoms with van der Waals surface area (Å²) in [5.74, 6) is 0. The van der Waals surface area contributed by atoms with Crippen molar-refractivity contribution in [2.75, 3.05) is 0 Å². The number of hydrogen-bond acceptors (Lipinski definition) is 4. The van der Waals surface area contributed by atoms with Crippen LogP contribution in [-0.2, 0) is 0 Å². The van der Waals surface area contributed by atoms with Crippen LogP contribution in [0.3, 0.4) is 0 Å². The van der Waals surface area contributed by atoms with E-state index in [1.807, 2.05) is 0 Å². The van der Waals surface area contributed by atoms with Crippen molar-refractivity contribution in [1.29, 1.82) is 0 Å². The average molecular weight is 348 g/mol. The maximum absolute atomic E-state index is 11.3. The molecule has 0 spiro atoms. The zero-order valence-corrected chi connectivity index (χ0v) is 14.2. The van der Waals surface area contributed by atoms with Crippen LogP contribution in [0.2, 0.25) is 0 Å². The molecular weight excluding hydrogens is 339 g/mol. The monoisotopic (exact) mass is 346 g/mol. The zero-order chi connectivity index (χ0) is 11.4. The Morgan fingerprint density at radius 2 is 1.11 bits per heavy atom. The van der Waals surface area contributed by atoms with Gasteiger partial charge in [0.05, 0.1) is 0 Å². The molecule has 0 N–H and O–H groups in total. The third kappa shape index (κ3) is 6.28. The summed E-state index contributed by atoms with van der Waals surface area (Å²) in [4.78, 5) is 0. The summed E-state index contributed by atoms with van der Waals surface area (Å²) < 4.78 is 1.55. The molecule has 0 bridgehead atoms. The number of rotatable bonds is 3. The smallest absolute Gasteiger partial charge is 1.00 e. The fourth-order valence-corrected chi connectivity index (χ4v) is 3.03. The summed E-state index contributed by atoms with van der Waals surface area (Å²) in [7, 11) is 2.52. The largest absolute Gasteiger partial charge is 2.00 e. The van der Waals surface area contributed by atoms with Crippen molar-refractivity contribution in [3.8, 4) is 0 Å². The molecule has 4 nitrogen and oxygen atoms in total. The Hall–Kier alpha value is -0.0538. The van der Waals surface area contributed by atoms with Crippen molar-refractivity contribution in [2.45, 2.75) is 10.1 Å². The van der Waals surface area contributed by atoms with Gasteiger partial charge < -0.3 is 35.2 Å². The minimum atomic E-state index is 0. The molecule has 0 unspecified atom stereocenters. The van der Waals surface area contributed by atoms with Gasteiger partial charge in [0, 0.05) is 45.9 Å². The van der Waals surface area contributed by atoms with E-state index in [1.54, 1.807) is 36.4 Å². The van der Waals surface area contributed by atoms with E-state index in [0.29, 0.717) is 10.1 Å². The predicted octanol–water partition coefficient (Wildman–Crippen LogP) is -4.62. The van der Waals surface area contributed by atoms with Crippen molar-refractivity contribution < 1.29 is 34.3 Å². The quantitative estimate of drug-likeness (QED) is 0.243. The van der Waals surface area contributed by atoms with Crippen molar-refractivity contribution >= 4 is 44.6 Å². The molecule has 0 aliphatic rings. The normalized spacial score (nSPS) is 8.63. The second-order valence-electron chi connectivity index (χ2n) is 2.90. The van der Waals surface area contributed by atoms with Gasteiger partial charge in [-0.1, -0.05) is 0 Å². The summed E-state index contributed by atoms with van der Waals surface area (Å²) in [6.07, 6.45) is 2.86. The third-order valence-corrected chi connectivity index (χ3v) is 4.12. The molecule has 2 aromatic rings. The van der Waals surface area contributed by atoms with Crippen LogP contribution in [-0.4, -0.2) is 23.1 Å². The van der Waals surface area contributed by atoms with Gasteiger partial charge in [-0.25, -0.2) is 0 Å². The van der Waals surface area contributed by atoms with Crippen molar-refractivity contribution in [2.24, 2.45) is 0 Å². The molecule has 0 amide bonds. The summed E-state index contributed by atoms with van der Waals surface area (Å²) in [5, 5.41) is 23.8. The number of hydrogen-bond donors (Lipinski definition) is 0. The SMILES string of the molecule is [Cl-].[Cl-].[Mg+2].[O-][n+]1ccccc1SSc1cccc[n+]1[O-]. The van der Waals surface area contributed by atoms with Gasteiger partial charge in [-0.2, -0.15) is 9.46 Å². The van der Waals surface area contributed by atoms with Gasteiger partial charge in [-0.3, -0.25) is 0 Å². The first-order valence-electron chi connectivity index (χ1n) is 4.48. The minimum Gasteiger partial charge on any atom is -1.00 e. The first kappa shape index (κ1) is 21.2. The van der Waals surface area contributed by atoms with E-state index >= 15 is 0 Å². The van der Waals surface area contributed by atoms with Gasteiger partial charge in [-0.05, 0) is 12.1 Å². The summed E-state index contributed by atoms with van der Waals surface area (Å²) >= 11 is 0. The molecule has 2 rings (SSSR count). The van der Waals surface area contributed by atoms with E-state index < -0.39 is 0 Å². The Morgan fingerprint density at radius 1 is 0.737 bits per heavy atom. The standard InChI is InChI=1S/C10H8N2O2S2.2ClH.Mg/c13-11-7-3-1-5-9(11)15-16-10-6-2-4-8-12(10)14;;;/h1-8H;2*1H;/q;;;+2/p-2. The van der Waals surface area contributed by atoms with E-state index in [2.05, 4.69) is 0 Å². The minimum absolute atomic E-state index is 0. The molecule has 9 heteroatoms. The average Bonchev–Trinajstić information content (AvgIpc) is 2.30. The predicted molar refractivity (Wildman–Crippen MR) is 68.3 cm³/mol. The van der Waals surface area contributed by atoms with Gasteiger partial charge in [0.15, 0.2) is 12.4 Å². The van der Waals surface area contributed by atoms with Crippen molar-refractivity contribution in [1.82, 2.24) is 0 Å². The van der Waals surface area contributed by atoms with Crippen molar-refractivity contribution in [3.63, 3.8) is 0 Å². The Labute approximate surface area is 147 Å². The molecule has 0 aromatic carbocycles. The first-order valence-corrected chi connectivity index (χ1v) is 6.63. The molecule has 2 heterocycles. The fraction of sp³-hybridized carbons (Fsp3) is 0. The Bertz CT molecular complexity index is 463. The Kier molecular flexibility index (Phi) is 12.0. The molecule has 98 valence electrons. The Morgan fingerprint density at radius 3 is 1.42 bits per heavy atom. The van der Waals surface area contributed by atoms with E-state index in [0.717, 1.165) is 9.46 Å². The topological polar surface area (TPSA) is 53.9 Å². The molecule has 0 aliphatic carbocycles. The van der Waals surface area contributed by atoms with E-state index in [1.165, 1.54) is 34.0 Å². The first-order chi connectivity index (χ1) is 7.77. The zero-order valence-electron chi connectivity index (χ0n) is 9.61. The van der Waals surface area contributed by atoms with Crippen LogP contribution < -0.4 is 34.3 Å². The van der Waals surface area contributed by atoms with Gasteiger partial charge >= 0.3 is 23.1 Å². The third-order valence-electron chi connectivity index (χ3n) is 1.79. The number of nitrogens with zero attached hydrogens (tertiary/aromatic N) is 2. The summed E-state index contributed by atoms with van der Waals surface area (Å²) in [5.41, 5.74) is 0. The van der Waals surface area contributed by atoms with Crippen molar-refractivity contribution in [3.05, 3.63) is 59.2 Å². The second kappa shape index (κ2) is 10.7. The van der Waals surface area contributed by atoms with Gasteiger partial charge in [0.1, 0.15) is 0 Å². The van der Waals surface area contributed by atoms with Gasteiger partial charge in [0.2, 0.25) is 0 Å². The van der Waals surface area contributed by atoms with Crippen LogP contribution in [0.25, 0.3) is 0 Å². The molecule has 0 radical (unpaired) electrons. The van der Waals surface area contributed by atoms with Crippen LogP contribution in [0.1, 0.15) is 0 Å². The van der Waals surface area contributed by atoms with Gasteiger partial charge in [-0.15, -0.1) is 0 Å². The summed E-state index contributed by atoms with van der Waals surface area (Å²) in [6, 6.07) is 10.3. The van der Waals surface area contributed by atoms with Crippen LogP contribution in [0, 0.1) is 10.4 Å². The molecule has 0 aliphatic heterocycles. The summed E-state index contributed by atoms with van der Waals surface area (Å²) in [6.45, 7) is 0. The molecule has 0 saturated heterocycles. The molecule has 2 aromatic heterocycles. The molecular formula is C10H8Cl2MgN2O2S2. The van der Waals surface area contributed by atoms with E-state index in [-0.39, 0.29) is 47.9 Å². The van der Waals surface area contributed by atoms with Crippen LogP contribution >= 0.6 is 21.6 Å². The van der Waals surface area contributed by atoms with E-state index in [4.69, 9.17) is 0 Å². The molecule has 0 atom stereocenters. The van der Waals surface area contributed by atoms with Crippen LogP contribution in [0.4, 0.5) is 0 Å².